The number of amides is 2. The van der Waals surface area contributed by atoms with Crippen LogP contribution in [0.25, 0.3) is 0 Å². The summed E-state index contributed by atoms with van der Waals surface area (Å²) in [6.45, 7) is 1.38. The smallest absolute Gasteiger partial charge is 0.321 e. The number of nitrogens with zero attached hydrogens (tertiary/aromatic N) is 5. The molecule has 0 spiro atoms. The average Bonchev–Trinajstić information content (AvgIpc) is 3.02. The van der Waals surface area contributed by atoms with E-state index in [0.29, 0.717) is 18.1 Å². The fourth-order valence-corrected chi connectivity index (χ4v) is 2.81. The van der Waals surface area contributed by atoms with Crippen LogP contribution in [0.15, 0.2) is 24.7 Å². The third-order valence-electron chi connectivity index (χ3n) is 4.02. The molecule has 0 bridgehead atoms. The van der Waals surface area contributed by atoms with Gasteiger partial charge in [0.2, 0.25) is 5.88 Å². The molecule has 1 aliphatic heterocycles. The van der Waals surface area contributed by atoms with Crippen LogP contribution in [-0.4, -0.2) is 50.9 Å². The van der Waals surface area contributed by atoms with Crippen LogP contribution in [0.1, 0.15) is 24.6 Å². The first-order valence-electron chi connectivity index (χ1n) is 7.57. The second-order valence-corrected chi connectivity index (χ2v) is 5.60. The van der Waals surface area contributed by atoms with Crippen molar-refractivity contribution in [2.75, 3.05) is 25.5 Å². The van der Waals surface area contributed by atoms with Crippen molar-refractivity contribution in [2.45, 2.75) is 18.8 Å². The monoisotopic (exact) mass is 316 g/mol. The van der Waals surface area contributed by atoms with Crippen LogP contribution in [0, 0.1) is 0 Å². The normalized spacial score (nSPS) is 17.8. The van der Waals surface area contributed by atoms with Crippen LogP contribution in [0.4, 0.5) is 10.5 Å². The summed E-state index contributed by atoms with van der Waals surface area (Å²) in [5.41, 5.74) is 0.650. The number of carbonyl (C=O) groups excluding carboxylic acids is 1. The molecule has 1 aliphatic rings. The first-order valence-corrected chi connectivity index (χ1v) is 7.57. The molecular formula is C15H20N6O2. The minimum absolute atomic E-state index is 0.121. The highest BCUT2D eigenvalue weighted by atomic mass is 16.5. The van der Waals surface area contributed by atoms with Gasteiger partial charge in [-0.2, -0.15) is 0 Å². The summed E-state index contributed by atoms with van der Waals surface area (Å²) in [4.78, 5) is 18.3. The van der Waals surface area contributed by atoms with Gasteiger partial charge in [-0.15, -0.1) is 10.2 Å². The number of urea groups is 1. The Morgan fingerprint density at radius 2 is 2.30 bits per heavy atom. The number of hydrogen-bond donors (Lipinski definition) is 1. The minimum Gasteiger partial charge on any atom is -0.481 e. The molecule has 0 aliphatic carbocycles. The van der Waals surface area contributed by atoms with Crippen molar-refractivity contribution in [1.29, 1.82) is 0 Å². The van der Waals surface area contributed by atoms with Gasteiger partial charge in [0, 0.05) is 32.1 Å². The molecule has 0 saturated carbocycles. The molecule has 1 atom stereocenters. The molecule has 8 nitrogen and oxygen atoms in total. The van der Waals surface area contributed by atoms with E-state index in [1.54, 1.807) is 31.8 Å². The zero-order valence-electron chi connectivity index (χ0n) is 13.3. The first kappa shape index (κ1) is 15.3. The number of aryl methyl sites for hydroxylation is 1. The molecule has 2 amide bonds. The summed E-state index contributed by atoms with van der Waals surface area (Å²) in [5, 5.41) is 11.0. The van der Waals surface area contributed by atoms with E-state index in [1.807, 2.05) is 16.5 Å². The number of hydrogen-bond acceptors (Lipinski definition) is 5. The Morgan fingerprint density at radius 1 is 1.43 bits per heavy atom. The standard InChI is InChI=1S/C15H20N6O2/c1-20-10-17-19-14(20)11-4-3-7-21(9-11)15(22)18-12-5-6-13(23-2)16-8-12/h5-6,8,10-11H,3-4,7,9H2,1-2H3,(H,18,22)/t11-/m0/s1. The number of carbonyl (C=O) groups is 1. The second kappa shape index (κ2) is 6.64. The van der Waals surface area contributed by atoms with Gasteiger partial charge in [0.25, 0.3) is 0 Å². The Kier molecular flexibility index (Phi) is 4.40. The van der Waals surface area contributed by atoms with Crippen LogP contribution >= 0.6 is 0 Å². The Balaban J connectivity index is 1.63. The van der Waals surface area contributed by atoms with Gasteiger partial charge in [-0.25, -0.2) is 9.78 Å². The van der Waals surface area contributed by atoms with Crippen molar-refractivity contribution in [3.8, 4) is 5.88 Å². The molecule has 1 saturated heterocycles. The van der Waals surface area contributed by atoms with Crippen molar-refractivity contribution in [1.82, 2.24) is 24.6 Å². The topological polar surface area (TPSA) is 85.2 Å². The third kappa shape index (κ3) is 3.41. The molecule has 8 heteroatoms. The fourth-order valence-electron chi connectivity index (χ4n) is 2.81. The number of rotatable bonds is 3. The molecule has 1 fully saturated rings. The molecular weight excluding hydrogens is 296 g/mol. The number of ether oxygens (including phenoxy) is 1. The second-order valence-electron chi connectivity index (χ2n) is 5.60. The molecule has 0 aromatic carbocycles. The molecule has 0 radical (unpaired) electrons. The van der Waals surface area contributed by atoms with Crippen molar-refractivity contribution < 1.29 is 9.53 Å². The SMILES string of the molecule is COc1ccc(NC(=O)N2CCC[C@H](c3nncn3C)C2)cn1. The molecule has 2 aromatic rings. The van der Waals surface area contributed by atoms with E-state index in [9.17, 15) is 4.79 Å². The molecule has 2 aromatic heterocycles. The molecule has 23 heavy (non-hydrogen) atoms. The summed E-state index contributed by atoms with van der Waals surface area (Å²) >= 11 is 0. The Bertz CT molecular complexity index is 669. The van der Waals surface area contributed by atoms with Gasteiger partial charge in [-0.05, 0) is 18.9 Å². The van der Waals surface area contributed by atoms with Crippen LogP contribution in [-0.2, 0) is 7.05 Å². The van der Waals surface area contributed by atoms with Crippen LogP contribution in [0.2, 0.25) is 0 Å². The van der Waals surface area contributed by atoms with Crippen LogP contribution < -0.4 is 10.1 Å². The zero-order chi connectivity index (χ0) is 16.2. The van der Waals surface area contributed by atoms with E-state index in [4.69, 9.17) is 4.74 Å². The lowest BCUT2D eigenvalue weighted by Gasteiger charge is -2.32. The van der Waals surface area contributed by atoms with Gasteiger partial charge < -0.3 is 19.5 Å². The van der Waals surface area contributed by atoms with Crippen molar-refractivity contribution in [2.24, 2.45) is 7.05 Å². The first-order chi connectivity index (χ1) is 11.2. The molecule has 122 valence electrons. The van der Waals surface area contributed by atoms with Gasteiger partial charge in [-0.3, -0.25) is 0 Å². The number of likely N-dealkylation sites (tertiary alicyclic amines) is 1. The Labute approximate surface area is 134 Å². The number of piperidine rings is 1. The quantitative estimate of drug-likeness (QED) is 0.930. The lowest BCUT2D eigenvalue weighted by atomic mass is 9.97. The molecule has 3 rings (SSSR count). The van der Waals surface area contributed by atoms with Gasteiger partial charge in [0.1, 0.15) is 12.2 Å². The predicted octanol–water partition coefficient (Wildman–Crippen LogP) is 1.63. The lowest BCUT2D eigenvalue weighted by Crippen LogP contribution is -2.42. The van der Waals surface area contributed by atoms with Gasteiger partial charge in [0.15, 0.2) is 0 Å². The lowest BCUT2D eigenvalue weighted by molar-refractivity contribution is 0.190. The highest BCUT2D eigenvalue weighted by molar-refractivity contribution is 5.89. The summed E-state index contributed by atoms with van der Waals surface area (Å²) < 4.78 is 6.92. The molecule has 1 N–H and O–H groups in total. The van der Waals surface area contributed by atoms with Gasteiger partial charge >= 0.3 is 6.03 Å². The summed E-state index contributed by atoms with van der Waals surface area (Å²) in [6.07, 6.45) is 5.24. The number of methoxy groups -OCH3 is 1. The molecule has 0 unspecified atom stereocenters. The molecule has 3 heterocycles. The summed E-state index contributed by atoms with van der Waals surface area (Å²) in [7, 11) is 3.48. The summed E-state index contributed by atoms with van der Waals surface area (Å²) in [6, 6.07) is 3.37. The highest BCUT2D eigenvalue weighted by Crippen LogP contribution is 2.25. The zero-order valence-corrected chi connectivity index (χ0v) is 13.3. The van der Waals surface area contributed by atoms with E-state index < -0.39 is 0 Å². The van der Waals surface area contributed by atoms with E-state index in [2.05, 4.69) is 20.5 Å². The van der Waals surface area contributed by atoms with Crippen molar-refractivity contribution in [3.63, 3.8) is 0 Å². The van der Waals surface area contributed by atoms with Crippen LogP contribution in [0.3, 0.4) is 0 Å². The van der Waals surface area contributed by atoms with Gasteiger partial charge in [-0.1, -0.05) is 0 Å². The van der Waals surface area contributed by atoms with E-state index in [-0.39, 0.29) is 11.9 Å². The maximum Gasteiger partial charge on any atom is 0.321 e. The highest BCUT2D eigenvalue weighted by Gasteiger charge is 2.27. The number of nitrogens with one attached hydrogen (secondary N) is 1. The van der Waals surface area contributed by atoms with Crippen molar-refractivity contribution >= 4 is 11.7 Å². The van der Waals surface area contributed by atoms with Crippen molar-refractivity contribution in [3.05, 3.63) is 30.5 Å². The summed E-state index contributed by atoms with van der Waals surface area (Å²) in [5.74, 6) is 1.66. The maximum absolute atomic E-state index is 12.4. The Hall–Kier alpha value is -2.64. The van der Waals surface area contributed by atoms with E-state index >= 15 is 0 Å². The minimum atomic E-state index is -0.121. The average molecular weight is 316 g/mol. The van der Waals surface area contributed by atoms with E-state index in [1.165, 1.54) is 0 Å². The number of anilines is 1. The fraction of sp³-hybridized carbons (Fsp3) is 0.467. The predicted molar refractivity (Wildman–Crippen MR) is 84.4 cm³/mol. The maximum atomic E-state index is 12.4. The van der Waals surface area contributed by atoms with Crippen LogP contribution in [0.5, 0.6) is 5.88 Å². The number of pyridine rings is 1. The number of aromatic nitrogens is 4. The third-order valence-corrected chi connectivity index (χ3v) is 4.02. The van der Waals surface area contributed by atoms with E-state index in [0.717, 1.165) is 25.2 Å². The largest absolute Gasteiger partial charge is 0.481 e. The van der Waals surface area contributed by atoms with Gasteiger partial charge in [0.05, 0.1) is 19.0 Å². The Morgan fingerprint density at radius 3 is 2.96 bits per heavy atom.